The first-order chi connectivity index (χ1) is 11.2. The fourth-order valence-corrected chi connectivity index (χ4v) is 2.99. The predicted octanol–water partition coefficient (Wildman–Crippen LogP) is 1.94. The summed E-state index contributed by atoms with van der Waals surface area (Å²) in [5.41, 5.74) is 2.09. The van der Waals surface area contributed by atoms with E-state index in [4.69, 9.17) is 9.47 Å². The summed E-state index contributed by atoms with van der Waals surface area (Å²) in [6, 6.07) is 8.45. The molecule has 2 heterocycles. The van der Waals surface area contributed by atoms with Crippen LogP contribution in [-0.4, -0.2) is 68.4 Å². The number of hydrogen-bond donors (Lipinski definition) is 1. The van der Waals surface area contributed by atoms with Gasteiger partial charge < -0.3 is 19.7 Å². The molecule has 126 valence electrons. The van der Waals surface area contributed by atoms with E-state index in [1.54, 1.807) is 4.90 Å². The third-order valence-corrected chi connectivity index (χ3v) is 4.54. The van der Waals surface area contributed by atoms with E-state index >= 15 is 0 Å². The van der Waals surface area contributed by atoms with Gasteiger partial charge in [0.2, 0.25) is 0 Å². The summed E-state index contributed by atoms with van der Waals surface area (Å²) >= 11 is 0. The maximum Gasteiger partial charge on any atom is 0.321 e. The van der Waals surface area contributed by atoms with Crippen LogP contribution in [0.25, 0.3) is 0 Å². The summed E-state index contributed by atoms with van der Waals surface area (Å²) in [4.78, 5) is 16.4. The van der Waals surface area contributed by atoms with E-state index in [1.807, 2.05) is 12.1 Å². The van der Waals surface area contributed by atoms with Gasteiger partial charge in [-0.2, -0.15) is 0 Å². The Morgan fingerprint density at radius 2 is 1.57 bits per heavy atom. The number of carbonyl (C=O) groups is 1. The molecule has 23 heavy (non-hydrogen) atoms. The fraction of sp³-hybridized carbons (Fsp3) is 0.588. The van der Waals surface area contributed by atoms with E-state index in [0.29, 0.717) is 32.3 Å². The number of urea groups is 1. The zero-order chi connectivity index (χ0) is 16.1. The molecule has 1 atom stereocenters. The molecule has 1 aromatic rings. The van der Waals surface area contributed by atoms with E-state index in [0.717, 1.165) is 32.0 Å². The van der Waals surface area contributed by atoms with Crippen molar-refractivity contribution in [2.45, 2.75) is 13.0 Å². The molecule has 2 fully saturated rings. The first kappa shape index (κ1) is 16.2. The highest BCUT2D eigenvalue weighted by Crippen LogP contribution is 2.22. The number of ether oxygens (including phenoxy) is 2. The molecule has 0 saturated carbocycles. The lowest BCUT2D eigenvalue weighted by Gasteiger charge is -2.32. The highest BCUT2D eigenvalue weighted by atomic mass is 16.5. The average molecular weight is 319 g/mol. The van der Waals surface area contributed by atoms with E-state index < -0.39 is 0 Å². The Morgan fingerprint density at radius 1 is 1.00 bits per heavy atom. The molecule has 0 aromatic heterocycles. The van der Waals surface area contributed by atoms with Crippen LogP contribution in [-0.2, 0) is 9.47 Å². The van der Waals surface area contributed by atoms with Gasteiger partial charge >= 0.3 is 6.03 Å². The molecule has 0 spiro atoms. The fourth-order valence-electron chi connectivity index (χ4n) is 2.99. The predicted molar refractivity (Wildman–Crippen MR) is 88.7 cm³/mol. The van der Waals surface area contributed by atoms with Crippen LogP contribution in [0.4, 0.5) is 10.5 Å². The highest BCUT2D eigenvalue weighted by molar-refractivity contribution is 5.89. The van der Waals surface area contributed by atoms with Crippen molar-refractivity contribution in [3.63, 3.8) is 0 Å². The first-order valence-electron chi connectivity index (χ1n) is 8.29. The van der Waals surface area contributed by atoms with Crippen LogP contribution >= 0.6 is 0 Å². The van der Waals surface area contributed by atoms with Crippen LogP contribution in [0.15, 0.2) is 24.3 Å². The SMILES string of the molecule is C[C@@H](c1ccc(NC(=O)N2CCOCC2)cc1)N1CCOCC1. The topological polar surface area (TPSA) is 54.0 Å². The molecule has 2 amide bonds. The summed E-state index contributed by atoms with van der Waals surface area (Å²) in [6.07, 6.45) is 0. The molecule has 2 saturated heterocycles. The Labute approximate surface area is 137 Å². The van der Waals surface area contributed by atoms with Gasteiger partial charge in [-0.25, -0.2) is 4.79 Å². The second-order valence-corrected chi connectivity index (χ2v) is 5.98. The minimum absolute atomic E-state index is 0.0534. The Balaban J connectivity index is 1.56. The maximum atomic E-state index is 12.2. The minimum Gasteiger partial charge on any atom is -0.379 e. The minimum atomic E-state index is -0.0534. The van der Waals surface area contributed by atoms with Gasteiger partial charge in [-0.15, -0.1) is 0 Å². The van der Waals surface area contributed by atoms with Gasteiger partial charge in [-0.05, 0) is 24.6 Å². The van der Waals surface area contributed by atoms with E-state index in [-0.39, 0.29) is 6.03 Å². The summed E-state index contributed by atoms with van der Waals surface area (Å²) in [6.45, 7) is 8.29. The van der Waals surface area contributed by atoms with Crippen molar-refractivity contribution in [2.75, 3.05) is 57.9 Å². The molecule has 2 aliphatic heterocycles. The molecule has 6 nitrogen and oxygen atoms in total. The lowest BCUT2D eigenvalue weighted by Crippen LogP contribution is -2.43. The Hall–Kier alpha value is -1.63. The van der Waals surface area contributed by atoms with Gasteiger partial charge in [0.25, 0.3) is 0 Å². The number of amides is 2. The maximum absolute atomic E-state index is 12.2. The molecular weight excluding hydrogens is 294 g/mol. The summed E-state index contributed by atoms with van der Waals surface area (Å²) in [5, 5.41) is 2.96. The monoisotopic (exact) mass is 319 g/mol. The van der Waals surface area contributed by atoms with Crippen LogP contribution in [0.3, 0.4) is 0 Å². The number of morpholine rings is 2. The van der Waals surface area contributed by atoms with Gasteiger partial charge in [0.05, 0.1) is 26.4 Å². The van der Waals surface area contributed by atoms with Gasteiger partial charge in [-0.1, -0.05) is 12.1 Å². The Morgan fingerprint density at radius 3 is 2.17 bits per heavy atom. The molecular formula is C17H25N3O3. The average Bonchev–Trinajstić information content (AvgIpc) is 2.63. The largest absolute Gasteiger partial charge is 0.379 e. The lowest BCUT2D eigenvalue weighted by atomic mass is 10.1. The van der Waals surface area contributed by atoms with Crippen molar-refractivity contribution in [2.24, 2.45) is 0 Å². The van der Waals surface area contributed by atoms with Crippen molar-refractivity contribution < 1.29 is 14.3 Å². The highest BCUT2D eigenvalue weighted by Gasteiger charge is 2.19. The molecule has 6 heteroatoms. The van der Waals surface area contributed by atoms with Crippen molar-refractivity contribution in [3.8, 4) is 0 Å². The van der Waals surface area contributed by atoms with Crippen molar-refractivity contribution in [1.82, 2.24) is 9.80 Å². The van der Waals surface area contributed by atoms with Crippen molar-refractivity contribution in [3.05, 3.63) is 29.8 Å². The quantitative estimate of drug-likeness (QED) is 0.925. The van der Waals surface area contributed by atoms with Crippen LogP contribution in [0.1, 0.15) is 18.5 Å². The third-order valence-electron chi connectivity index (χ3n) is 4.54. The molecule has 0 unspecified atom stereocenters. The Kier molecular flexibility index (Phi) is 5.48. The van der Waals surface area contributed by atoms with Gasteiger partial charge in [-0.3, -0.25) is 4.90 Å². The number of rotatable bonds is 3. The number of benzene rings is 1. The number of nitrogens with zero attached hydrogens (tertiary/aromatic N) is 2. The second kappa shape index (κ2) is 7.77. The van der Waals surface area contributed by atoms with Crippen molar-refractivity contribution in [1.29, 1.82) is 0 Å². The number of hydrogen-bond acceptors (Lipinski definition) is 4. The third kappa shape index (κ3) is 4.22. The van der Waals surface area contributed by atoms with E-state index in [9.17, 15) is 4.79 Å². The Bertz CT molecular complexity index is 508. The number of carbonyl (C=O) groups excluding carboxylic acids is 1. The van der Waals surface area contributed by atoms with Gasteiger partial charge in [0.15, 0.2) is 0 Å². The van der Waals surface area contributed by atoms with Crippen LogP contribution in [0.5, 0.6) is 0 Å². The normalized spacial score (nSPS) is 21.0. The molecule has 3 rings (SSSR count). The summed E-state index contributed by atoms with van der Waals surface area (Å²) in [7, 11) is 0. The molecule has 0 radical (unpaired) electrons. The second-order valence-electron chi connectivity index (χ2n) is 5.98. The lowest BCUT2D eigenvalue weighted by molar-refractivity contribution is 0.0198. The molecule has 1 aromatic carbocycles. The van der Waals surface area contributed by atoms with Gasteiger partial charge in [0, 0.05) is 37.9 Å². The van der Waals surface area contributed by atoms with Crippen LogP contribution in [0, 0.1) is 0 Å². The van der Waals surface area contributed by atoms with Crippen LogP contribution in [0.2, 0.25) is 0 Å². The number of nitrogens with one attached hydrogen (secondary N) is 1. The summed E-state index contributed by atoms with van der Waals surface area (Å²) in [5.74, 6) is 0. The molecule has 0 bridgehead atoms. The van der Waals surface area contributed by atoms with Crippen molar-refractivity contribution >= 4 is 11.7 Å². The molecule has 0 aliphatic carbocycles. The zero-order valence-electron chi connectivity index (χ0n) is 13.7. The number of anilines is 1. The van der Waals surface area contributed by atoms with E-state index in [1.165, 1.54) is 5.56 Å². The zero-order valence-corrected chi connectivity index (χ0v) is 13.7. The first-order valence-corrected chi connectivity index (χ1v) is 8.29. The standard InChI is InChI=1S/C17H25N3O3/c1-14(19-6-10-22-11-7-19)15-2-4-16(5-3-15)18-17(21)20-8-12-23-13-9-20/h2-5,14H,6-13H2,1H3,(H,18,21)/t14-/m0/s1. The van der Waals surface area contributed by atoms with Crippen LogP contribution < -0.4 is 5.32 Å². The molecule has 2 aliphatic rings. The molecule has 1 N–H and O–H groups in total. The summed E-state index contributed by atoms with van der Waals surface area (Å²) < 4.78 is 10.7. The van der Waals surface area contributed by atoms with Gasteiger partial charge in [0.1, 0.15) is 0 Å². The van der Waals surface area contributed by atoms with E-state index in [2.05, 4.69) is 29.3 Å². The smallest absolute Gasteiger partial charge is 0.321 e.